The van der Waals surface area contributed by atoms with Crippen LogP contribution in [0.3, 0.4) is 0 Å². The van der Waals surface area contributed by atoms with Crippen molar-refractivity contribution in [2.24, 2.45) is 0 Å². The van der Waals surface area contributed by atoms with Crippen molar-refractivity contribution in [3.63, 3.8) is 0 Å². The van der Waals surface area contributed by atoms with Crippen LogP contribution in [0.5, 0.6) is 0 Å². The summed E-state index contributed by atoms with van der Waals surface area (Å²) in [6.45, 7) is 3.86. The van der Waals surface area contributed by atoms with Crippen LogP contribution in [-0.2, 0) is 0 Å². The third kappa shape index (κ3) is 1.85. The second kappa shape index (κ2) is 4.24. The largest absolute Gasteiger partial charge is 0.453 e. The van der Waals surface area contributed by atoms with Gasteiger partial charge in [-0.25, -0.2) is 0 Å². The van der Waals surface area contributed by atoms with E-state index in [2.05, 4.69) is 10.2 Å². The Balaban J connectivity index is 2.25. The fraction of sp³-hybridized carbons (Fsp3) is 0.143. The Kier molecular flexibility index (Phi) is 2.68. The molecule has 2 heterocycles. The summed E-state index contributed by atoms with van der Waals surface area (Å²) in [6, 6.07) is 7.54. The minimum absolute atomic E-state index is 0.440. The summed E-state index contributed by atoms with van der Waals surface area (Å²) >= 11 is 6.10. The maximum atomic E-state index is 6.10. The number of aromatic nitrogens is 2. The number of anilines is 1. The van der Waals surface area contributed by atoms with Crippen LogP contribution in [0.25, 0.3) is 22.4 Å². The summed E-state index contributed by atoms with van der Waals surface area (Å²) < 4.78 is 5.79. The molecule has 2 N–H and O–H groups in total. The molecule has 19 heavy (non-hydrogen) atoms. The molecule has 0 aliphatic carbocycles. The van der Waals surface area contributed by atoms with E-state index < -0.39 is 0 Å². The van der Waals surface area contributed by atoms with Gasteiger partial charge in [0.2, 0.25) is 0 Å². The highest BCUT2D eigenvalue weighted by Crippen LogP contribution is 2.33. The van der Waals surface area contributed by atoms with E-state index in [-0.39, 0.29) is 0 Å². The lowest BCUT2D eigenvalue weighted by atomic mass is 10.1. The summed E-state index contributed by atoms with van der Waals surface area (Å²) in [5, 5.41) is 9.59. The first-order valence-corrected chi connectivity index (χ1v) is 6.23. The minimum Gasteiger partial charge on any atom is -0.453 e. The molecule has 0 atom stereocenters. The molecule has 0 aliphatic heterocycles. The molecular formula is C14H12ClN3O. The van der Waals surface area contributed by atoms with Crippen LogP contribution in [0.2, 0.25) is 5.02 Å². The van der Waals surface area contributed by atoms with E-state index >= 15 is 0 Å². The first-order valence-electron chi connectivity index (χ1n) is 5.85. The quantitative estimate of drug-likeness (QED) is 0.733. The van der Waals surface area contributed by atoms with Gasteiger partial charge < -0.3 is 10.2 Å². The zero-order valence-electron chi connectivity index (χ0n) is 10.6. The van der Waals surface area contributed by atoms with Crippen molar-refractivity contribution in [2.75, 3.05) is 5.73 Å². The fourth-order valence-electron chi connectivity index (χ4n) is 2.00. The zero-order valence-corrected chi connectivity index (χ0v) is 11.3. The maximum Gasteiger partial charge on any atom is 0.156 e. The number of para-hydroxylation sites is 1. The molecule has 0 saturated carbocycles. The average Bonchev–Trinajstić information content (AvgIpc) is 2.81. The zero-order chi connectivity index (χ0) is 13.6. The summed E-state index contributed by atoms with van der Waals surface area (Å²) in [6.07, 6.45) is 0. The van der Waals surface area contributed by atoms with Gasteiger partial charge >= 0.3 is 0 Å². The number of nitrogen functional groups attached to an aromatic ring is 1. The van der Waals surface area contributed by atoms with Crippen LogP contribution in [0.15, 0.2) is 28.7 Å². The lowest BCUT2D eigenvalue weighted by molar-refractivity contribution is 0.626. The number of rotatable bonds is 1. The van der Waals surface area contributed by atoms with Gasteiger partial charge in [0.25, 0.3) is 0 Å². The van der Waals surface area contributed by atoms with Gasteiger partial charge in [-0.2, -0.15) is 0 Å². The fourth-order valence-corrected chi connectivity index (χ4v) is 2.22. The molecule has 96 valence electrons. The number of nitrogens with zero attached hydrogens (tertiary/aromatic N) is 2. The van der Waals surface area contributed by atoms with Crippen molar-refractivity contribution in [3.8, 4) is 11.5 Å². The smallest absolute Gasteiger partial charge is 0.156 e. The molecule has 0 unspecified atom stereocenters. The SMILES string of the molecule is Cc1c(N)nnc(-c2cc3cccc(Cl)c3o2)c1C. The normalized spacial score (nSPS) is 11.1. The van der Waals surface area contributed by atoms with Crippen molar-refractivity contribution < 1.29 is 4.42 Å². The second-order valence-electron chi connectivity index (χ2n) is 4.45. The maximum absolute atomic E-state index is 6.10. The topological polar surface area (TPSA) is 64.9 Å². The second-order valence-corrected chi connectivity index (χ2v) is 4.86. The van der Waals surface area contributed by atoms with Crippen molar-refractivity contribution >= 4 is 28.4 Å². The molecule has 0 radical (unpaired) electrons. The lowest BCUT2D eigenvalue weighted by Crippen LogP contribution is -2.01. The third-order valence-electron chi connectivity index (χ3n) is 3.29. The van der Waals surface area contributed by atoms with Crippen molar-refractivity contribution in [1.29, 1.82) is 0 Å². The molecule has 2 aromatic heterocycles. The van der Waals surface area contributed by atoms with Gasteiger partial charge in [-0.1, -0.05) is 23.7 Å². The number of nitrogens with two attached hydrogens (primary N) is 1. The summed E-state index contributed by atoms with van der Waals surface area (Å²) in [4.78, 5) is 0. The van der Waals surface area contributed by atoms with E-state index in [0.29, 0.717) is 27.9 Å². The highest BCUT2D eigenvalue weighted by molar-refractivity contribution is 6.34. The predicted molar refractivity (Wildman–Crippen MR) is 76.1 cm³/mol. The third-order valence-corrected chi connectivity index (χ3v) is 3.59. The molecule has 4 nitrogen and oxygen atoms in total. The molecule has 0 saturated heterocycles. The van der Waals surface area contributed by atoms with Gasteiger partial charge in [0.05, 0.1) is 5.02 Å². The summed E-state index contributed by atoms with van der Waals surface area (Å²) in [5.74, 6) is 1.09. The first-order chi connectivity index (χ1) is 9.08. The van der Waals surface area contributed by atoms with Crippen LogP contribution in [0.1, 0.15) is 11.1 Å². The van der Waals surface area contributed by atoms with E-state index in [1.165, 1.54) is 0 Å². The van der Waals surface area contributed by atoms with E-state index in [0.717, 1.165) is 16.5 Å². The van der Waals surface area contributed by atoms with Crippen LogP contribution in [-0.4, -0.2) is 10.2 Å². The Morgan fingerprint density at radius 2 is 1.95 bits per heavy atom. The minimum atomic E-state index is 0.440. The van der Waals surface area contributed by atoms with Gasteiger partial charge in [0.15, 0.2) is 11.3 Å². The molecule has 0 bridgehead atoms. The Hall–Kier alpha value is -2.07. The van der Waals surface area contributed by atoms with Crippen molar-refractivity contribution in [1.82, 2.24) is 10.2 Å². The molecule has 0 spiro atoms. The standard InChI is InChI=1S/C14H12ClN3O/c1-7-8(2)14(16)18-17-12(7)11-6-9-4-3-5-10(15)13(9)19-11/h3-6H,1-2H3,(H2,16,18). The van der Waals surface area contributed by atoms with E-state index in [9.17, 15) is 0 Å². The highest BCUT2D eigenvalue weighted by Gasteiger charge is 2.15. The number of furan rings is 1. The molecular weight excluding hydrogens is 262 g/mol. The molecule has 0 amide bonds. The Morgan fingerprint density at radius 1 is 1.16 bits per heavy atom. The van der Waals surface area contributed by atoms with Gasteiger partial charge in [0, 0.05) is 5.39 Å². The molecule has 5 heteroatoms. The molecule has 1 aromatic carbocycles. The monoisotopic (exact) mass is 273 g/mol. The summed E-state index contributed by atoms with van der Waals surface area (Å²) in [5.41, 5.74) is 8.97. The van der Waals surface area contributed by atoms with E-state index in [4.69, 9.17) is 21.8 Å². The Labute approximate surface area is 115 Å². The number of halogens is 1. The number of benzene rings is 1. The Bertz CT molecular complexity index is 780. The number of hydrogen-bond acceptors (Lipinski definition) is 4. The molecule has 0 fully saturated rings. The number of fused-ring (bicyclic) bond motifs is 1. The lowest BCUT2D eigenvalue weighted by Gasteiger charge is -2.05. The van der Waals surface area contributed by atoms with Crippen LogP contribution in [0, 0.1) is 13.8 Å². The van der Waals surface area contributed by atoms with Crippen LogP contribution in [0.4, 0.5) is 5.82 Å². The van der Waals surface area contributed by atoms with Gasteiger partial charge in [-0.15, -0.1) is 10.2 Å². The van der Waals surface area contributed by atoms with Crippen molar-refractivity contribution in [2.45, 2.75) is 13.8 Å². The Morgan fingerprint density at radius 3 is 2.68 bits per heavy atom. The van der Waals surface area contributed by atoms with Gasteiger partial charge in [-0.3, -0.25) is 0 Å². The highest BCUT2D eigenvalue weighted by atomic mass is 35.5. The van der Waals surface area contributed by atoms with Crippen molar-refractivity contribution in [3.05, 3.63) is 40.4 Å². The molecule has 3 aromatic rings. The first kappa shape index (κ1) is 12.0. The van der Waals surface area contributed by atoms with Crippen LogP contribution < -0.4 is 5.73 Å². The van der Waals surface area contributed by atoms with Gasteiger partial charge in [0.1, 0.15) is 11.5 Å². The molecule has 3 rings (SSSR count). The molecule has 0 aliphatic rings. The predicted octanol–water partition coefficient (Wildman–Crippen LogP) is 3.74. The van der Waals surface area contributed by atoms with Gasteiger partial charge in [-0.05, 0) is 37.1 Å². The van der Waals surface area contributed by atoms with Crippen LogP contribution >= 0.6 is 11.6 Å². The number of hydrogen-bond donors (Lipinski definition) is 1. The summed E-state index contributed by atoms with van der Waals surface area (Å²) in [7, 11) is 0. The average molecular weight is 274 g/mol. The van der Waals surface area contributed by atoms with E-state index in [1.807, 2.05) is 32.0 Å². The van der Waals surface area contributed by atoms with E-state index in [1.54, 1.807) is 6.07 Å².